The van der Waals surface area contributed by atoms with E-state index in [4.69, 9.17) is 0 Å². The van der Waals surface area contributed by atoms with Crippen LogP contribution in [0.2, 0.25) is 0 Å². The van der Waals surface area contributed by atoms with E-state index >= 15 is 0 Å². The topological polar surface area (TPSA) is 49.4 Å². The Kier molecular flexibility index (Phi) is 9.66. The van der Waals surface area contributed by atoms with Crippen molar-refractivity contribution in [1.29, 1.82) is 0 Å². The maximum absolute atomic E-state index is 13.3. The van der Waals surface area contributed by atoms with E-state index in [0.717, 1.165) is 18.4 Å². The second-order valence-corrected chi connectivity index (χ2v) is 9.85. The summed E-state index contributed by atoms with van der Waals surface area (Å²) in [7, 11) is 0. The zero-order chi connectivity index (χ0) is 22.8. The molecule has 2 aromatic carbocycles. The van der Waals surface area contributed by atoms with E-state index in [9.17, 15) is 9.59 Å². The summed E-state index contributed by atoms with van der Waals surface area (Å²) < 4.78 is 0. The van der Waals surface area contributed by atoms with Gasteiger partial charge in [-0.15, -0.1) is 11.8 Å². The van der Waals surface area contributed by atoms with E-state index in [0.29, 0.717) is 25.1 Å². The number of nitrogens with one attached hydrogen (secondary N) is 1. The minimum absolute atomic E-state index is 0.00475. The lowest BCUT2D eigenvalue weighted by molar-refractivity contribution is -0.141. The summed E-state index contributed by atoms with van der Waals surface area (Å²) >= 11 is 1.69. The Bertz CT molecular complexity index is 848. The van der Waals surface area contributed by atoms with Crippen molar-refractivity contribution in [2.24, 2.45) is 0 Å². The number of amides is 2. The zero-order valence-corrected chi connectivity index (χ0v) is 20.2. The summed E-state index contributed by atoms with van der Waals surface area (Å²) in [6.07, 6.45) is 6.71. The van der Waals surface area contributed by atoms with Gasteiger partial charge in [-0.2, -0.15) is 0 Å². The number of benzene rings is 2. The van der Waals surface area contributed by atoms with Crippen molar-refractivity contribution in [3.8, 4) is 0 Å². The third-order valence-corrected chi connectivity index (χ3v) is 7.15. The van der Waals surface area contributed by atoms with Crippen molar-refractivity contribution in [1.82, 2.24) is 10.2 Å². The van der Waals surface area contributed by atoms with Crippen LogP contribution in [0.25, 0.3) is 0 Å². The Morgan fingerprint density at radius 2 is 1.72 bits per heavy atom. The van der Waals surface area contributed by atoms with Gasteiger partial charge in [-0.1, -0.05) is 74.2 Å². The molecule has 1 N–H and O–H groups in total. The molecule has 1 aliphatic rings. The van der Waals surface area contributed by atoms with Crippen molar-refractivity contribution < 1.29 is 9.59 Å². The van der Waals surface area contributed by atoms with Gasteiger partial charge in [0.2, 0.25) is 11.8 Å². The molecule has 32 heavy (non-hydrogen) atoms. The number of nitrogens with zero attached hydrogens (tertiary/aromatic N) is 1. The number of carbonyl (C=O) groups is 2. The molecular weight excluding hydrogens is 416 g/mol. The third-order valence-electron chi connectivity index (χ3n) is 6.14. The Balaban J connectivity index is 1.66. The lowest BCUT2D eigenvalue weighted by Gasteiger charge is -2.33. The van der Waals surface area contributed by atoms with Crippen molar-refractivity contribution >= 4 is 23.6 Å². The molecule has 0 aliphatic heterocycles. The van der Waals surface area contributed by atoms with Crippen LogP contribution in [0.3, 0.4) is 0 Å². The summed E-state index contributed by atoms with van der Waals surface area (Å²) in [5.74, 6) is 0.738. The predicted octanol–water partition coefficient (Wildman–Crippen LogP) is 5.73. The first-order chi connectivity index (χ1) is 15.6. The van der Waals surface area contributed by atoms with E-state index in [1.54, 1.807) is 16.7 Å². The maximum atomic E-state index is 13.3. The van der Waals surface area contributed by atoms with Gasteiger partial charge >= 0.3 is 0 Å². The average Bonchev–Trinajstić information content (AvgIpc) is 2.81. The lowest BCUT2D eigenvalue weighted by atomic mass is 9.95. The molecule has 1 aliphatic carbocycles. The van der Waals surface area contributed by atoms with Crippen LogP contribution < -0.4 is 5.32 Å². The van der Waals surface area contributed by atoms with Crippen LogP contribution in [-0.4, -0.2) is 34.6 Å². The Labute approximate surface area is 197 Å². The summed E-state index contributed by atoms with van der Waals surface area (Å²) in [6, 6.07) is 18.2. The molecule has 0 bridgehead atoms. The monoisotopic (exact) mass is 452 g/mol. The number of aryl methyl sites for hydroxylation is 1. The van der Waals surface area contributed by atoms with Crippen molar-refractivity contribution in [2.75, 3.05) is 5.75 Å². The average molecular weight is 453 g/mol. The van der Waals surface area contributed by atoms with Gasteiger partial charge in [0.05, 0.1) is 0 Å². The zero-order valence-electron chi connectivity index (χ0n) is 19.4. The van der Waals surface area contributed by atoms with Crippen LogP contribution in [0.5, 0.6) is 0 Å². The second-order valence-electron chi connectivity index (χ2n) is 8.69. The fraction of sp³-hybridized carbons (Fsp3) is 0.481. The predicted molar refractivity (Wildman–Crippen MR) is 133 cm³/mol. The molecule has 4 nitrogen and oxygen atoms in total. The van der Waals surface area contributed by atoms with E-state index < -0.39 is 6.04 Å². The van der Waals surface area contributed by atoms with Crippen molar-refractivity contribution in [3.05, 3.63) is 65.7 Å². The molecule has 0 radical (unpaired) electrons. The van der Waals surface area contributed by atoms with Gasteiger partial charge < -0.3 is 10.2 Å². The molecule has 2 aromatic rings. The van der Waals surface area contributed by atoms with Gasteiger partial charge in [0.15, 0.2) is 0 Å². The van der Waals surface area contributed by atoms with Gasteiger partial charge in [-0.25, -0.2) is 0 Å². The molecule has 1 saturated carbocycles. The number of thioether (sulfide) groups is 1. The molecule has 0 unspecified atom stereocenters. The molecule has 1 fully saturated rings. The third kappa shape index (κ3) is 7.40. The highest BCUT2D eigenvalue weighted by Crippen LogP contribution is 2.22. The van der Waals surface area contributed by atoms with Crippen molar-refractivity contribution in [3.63, 3.8) is 0 Å². The number of carbonyl (C=O) groups excluding carboxylic acids is 2. The Morgan fingerprint density at radius 3 is 2.38 bits per heavy atom. The molecule has 3 rings (SSSR count). The van der Waals surface area contributed by atoms with Crippen LogP contribution in [0.15, 0.2) is 59.5 Å². The first kappa shape index (κ1) is 24.4. The van der Waals surface area contributed by atoms with Crippen LogP contribution in [-0.2, 0) is 16.1 Å². The minimum Gasteiger partial charge on any atom is -0.352 e. The molecule has 0 aromatic heterocycles. The highest BCUT2D eigenvalue weighted by molar-refractivity contribution is 7.99. The van der Waals surface area contributed by atoms with E-state index in [1.807, 2.05) is 37.3 Å². The van der Waals surface area contributed by atoms with Gasteiger partial charge in [0, 0.05) is 29.7 Å². The number of hydrogen-bond donors (Lipinski definition) is 1. The van der Waals surface area contributed by atoms with Gasteiger partial charge in [0.25, 0.3) is 0 Å². The number of rotatable bonds is 10. The largest absolute Gasteiger partial charge is 0.352 e. The summed E-state index contributed by atoms with van der Waals surface area (Å²) in [4.78, 5) is 29.5. The highest BCUT2D eigenvalue weighted by atomic mass is 32.2. The van der Waals surface area contributed by atoms with E-state index in [1.165, 1.54) is 29.7 Å². The van der Waals surface area contributed by atoms with Crippen molar-refractivity contribution in [2.45, 2.75) is 82.3 Å². The van der Waals surface area contributed by atoms with Crippen LogP contribution in [0, 0.1) is 6.92 Å². The molecule has 0 spiro atoms. The Hall–Kier alpha value is -2.27. The first-order valence-corrected chi connectivity index (χ1v) is 12.9. The summed E-state index contributed by atoms with van der Waals surface area (Å²) in [5.41, 5.74) is 2.28. The first-order valence-electron chi connectivity index (χ1n) is 11.9. The molecular formula is C27H36N2O2S. The minimum atomic E-state index is -0.436. The summed E-state index contributed by atoms with van der Waals surface area (Å²) in [5, 5.41) is 3.24. The van der Waals surface area contributed by atoms with Gasteiger partial charge in [0.1, 0.15) is 6.04 Å². The molecule has 5 heteroatoms. The summed E-state index contributed by atoms with van der Waals surface area (Å²) in [6.45, 7) is 4.53. The quantitative estimate of drug-likeness (QED) is 0.468. The van der Waals surface area contributed by atoms with Crippen LogP contribution in [0.4, 0.5) is 0 Å². The lowest BCUT2D eigenvalue weighted by Crippen LogP contribution is -2.51. The highest BCUT2D eigenvalue weighted by Gasteiger charge is 2.30. The molecule has 172 valence electrons. The van der Waals surface area contributed by atoms with Crippen LogP contribution in [0.1, 0.15) is 63.0 Å². The normalized spacial score (nSPS) is 15.2. The fourth-order valence-corrected chi connectivity index (χ4v) is 5.12. The standard InChI is InChI=1S/C27H36N2O2S/c1-3-25(27(31)28-23-12-8-5-9-13-23)29(20-22-10-6-4-7-11-22)26(30)18-19-32-24-16-14-21(2)15-17-24/h4,6-7,10-11,14-17,23,25H,3,5,8-9,12-13,18-20H2,1-2H3,(H,28,31)/t25-/m0/s1. The molecule has 2 amide bonds. The van der Waals surface area contributed by atoms with E-state index in [2.05, 4.69) is 36.5 Å². The fourth-order valence-electron chi connectivity index (χ4n) is 4.28. The molecule has 0 saturated heterocycles. The second kappa shape index (κ2) is 12.7. The van der Waals surface area contributed by atoms with Gasteiger partial charge in [-0.05, 0) is 43.9 Å². The Morgan fingerprint density at radius 1 is 1.03 bits per heavy atom. The van der Waals surface area contributed by atoms with Gasteiger partial charge in [-0.3, -0.25) is 9.59 Å². The molecule has 1 atom stereocenters. The maximum Gasteiger partial charge on any atom is 0.243 e. The van der Waals surface area contributed by atoms with E-state index in [-0.39, 0.29) is 17.9 Å². The molecule has 0 heterocycles. The SMILES string of the molecule is CC[C@@H](C(=O)NC1CCCCC1)N(Cc1ccccc1)C(=O)CCSc1ccc(C)cc1. The smallest absolute Gasteiger partial charge is 0.243 e. The van der Waals surface area contributed by atoms with Crippen LogP contribution >= 0.6 is 11.8 Å². The number of hydrogen-bond acceptors (Lipinski definition) is 3.